The van der Waals surface area contributed by atoms with Crippen LogP contribution in [0.3, 0.4) is 0 Å². The van der Waals surface area contributed by atoms with Crippen molar-refractivity contribution >= 4 is 11.8 Å². The summed E-state index contributed by atoms with van der Waals surface area (Å²) in [4.78, 5) is 22.0. The van der Waals surface area contributed by atoms with E-state index < -0.39 is 12.1 Å². The molecule has 0 aromatic carbocycles. The maximum Gasteiger partial charge on any atom is 0.303 e. The molecule has 132 valence electrons. The lowest BCUT2D eigenvalue weighted by molar-refractivity contribution is -0.137. The minimum Gasteiger partial charge on any atom is -0.481 e. The molecule has 0 heterocycles. The molecule has 4 nitrogen and oxygen atoms in total. The molecule has 0 amide bonds. The van der Waals surface area contributed by atoms with Crippen molar-refractivity contribution in [1.29, 1.82) is 0 Å². The molecule has 0 rings (SSSR count). The Bertz CT molecular complexity index is 392. The summed E-state index contributed by atoms with van der Waals surface area (Å²) in [5.74, 6) is 5.13. The molecule has 0 fully saturated rings. The molecule has 0 radical (unpaired) electrons. The van der Waals surface area contributed by atoms with Gasteiger partial charge in [0.05, 0.1) is 0 Å². The standard InChI is InChI=1S/C19H32O4/c1-3-4-7-13-18(21)14-10-12-17(16(2)20)11-8-5-6-9-15-19(22)23/h17-18,21H,3-9,11-13,15H2,1-2H3,(H,22,23)/t17-,18-/m1/s1. The first kappa shape index (κ1) is 21.7. The molecule has 0 bridgehead atoms. The summed E-state index contributed by atoms with van der Waals surface area (Å²) in [6.07, 6.45) is 8.32. The van der Waals surface area contributed by atoms with Crippen molar-refractivity contribution < 1.29 is 19.8 Å². The highest BCUT2D eigenvalue weighted by atomic mass is 16.4. The number of aliphatic carboxylic acids is 1. The molecule has 23 heavy (non-hydrogen) atoms. The fourth-order valence-corrected chi connectivity index (χ4v) is 2.43. The van der Waals surface area contributed by atoms with E-state index in [9.17, 15) is 14.7 Å². The van der Waals surface area contributed by atoms with Crippen LogP contribution in [0.25, 0.3) is 0 Å². The molecule has 0 spiro atoms. The first-order valence-electron chi connectivity index (χ1n) is 8.86. The summed E-state index contributed by atoms with van der Waals surface area (Å²) < 4.78 is 0. The highest BCUT2D eigenvalue weighted by Crippen LogP contribution is 2.16. The number of rotatable bonds is 13. The lowest BCUT2D eigenvalue weighted by atomic mass is 9.94. The molecular formula is C19H32O4. The molecule has 2 N–H and O–H groups in total. The molecule has 0 aromatic heterocycles. The van der Waals surface area contributed by atoms with Crippen LogP contribution in [0.15, 0.2) is 0 Å². The van der Waals surface area contributed by atoms with E-state index in [1.54, 1.807) is 6.92 Å². The van der Waals surface area contributed by atoms with Crippen molar-refractivity contribution in [2.45, 2.75) is 90.6 Å². The number of carbonyl (C=O) groups is 2. The van der Waals surface area contributed by atoms with E-state index >= 15 is 0 Å². The molecule has 0 unspecified atom stereocenters. The molecule has 0 aliphatic heterocycles. The third kappa shape index (κ3) is 14.0. The number of carboxylic acid groups (broad SMARTS) is 1. The van der Waals surface area contributed by atoms with E-state index in [1.165, 1.54) is 0 Å². The molecule has 0 aromatic rings. The number of aliphatic hydroxyl groups excluding tert-OH is 1. The Balaban J connectivity index is 3.94. The van der Waals surface area contributed by atoms with E-state index in [-0.39, 0.29) is 18.1 Å². The highest BCUT2D eigenvalue weighted by Gasteiger charge is 2.12. The summed E-state index contributed by atoms with van der Waals surface area (Å²) in [5.41, 5.74) is 0. The quantitative estimate of drug-likeness (QED) is 0.397. The van der Waals surface area contributed by atoms with Gasteiger partial charge in [0.1, 0.15) is 11.9 Å². The van der Waals surface area contributed by atoms with Gasteiger partial charge in [0.2, 0.25) is 0 Å². The molecule has 0 aliphatic rings. The van der Waals surface area contributed by atoms with Crippen LogP contribution >= 0.6 is 0 Å². The van der Waals surface area contributed by atoms with Gasteiger partial charge in [-0.3, -0.25) is 9.59 Å². The summed E-state index contributed by atoms with van der Waals surface area (Å²) >= 11 is 0. The van der Waals surface area contributed by atoms with Gasteiger partial charge in [0, 0.05) is 18.8 Å². The average molecular weight is 324 g/mol. The van der Waals surface area contributed by atoms with E-state index in [1.807, 2.05) is 0 Å². The molecule has 0 saturated heterocycles. The zero-order valence-corrected chi connectivity index (χ0v) is 14.6. The van der Waals surface area contributed by atoms with Gasteiger partial charge in [-0.05, 0) is 32.6 Å². The first-order chi connectivity index (χ1) is 11.0. The largest absolute Gasteiger partial charge is 0.481 e. The van der Waals surface area contributed by atoms with Gasteiger partial charge >= 0.3 is 5.97 Å². The average Bonchev–Trinajstić information content (AvgIpc) is 2.48. The van der Waals surface area contributed by atoms with Crippen molar-refractivity contribution in [3.63, 3.8) is 0 Å². The summed E-state index contributed by atoms with van der Waals surface area (Å²) in [6, 6.07) is 0. The fourth-order valence-electron chi connectivity index (χ4n) is 2.43. The van der Waals surface area contributed by atoms with Crippen LogP contribution in [0.2, 0.25) is 0 Å². The Morgan fingerprint density at radius 2 is 1.65 bits per heavy atom. The van der Waals surface area contributed by atoms with Crippen LogP contribution < -0.4 is 0 Å². The maximum absolute atomic E-state index is 11.6. The minimum absolute atomic E-state index is 0.0650. The van der Waals surface area contributed by atoms with Crippen molar-refractivity contribution in [2.24, 2.45) is 5.92 Å². The monoisotopic (exact) mass is 324 g/mol. The lowest BCUT2D eigenvalue weighted by Crippen LogP contribution is -2.10. The molecule has 4 heteroatoms. The van der Waals surface area contributed by atoms with E-state index in [2.05, 4.69) is 18.8 Å². The Labute approximate surface area is 140 Å². The molecule has 0 aliphatic carbocycles. The number of Topliss-reactive ketones (excluding diaryl/α,β-unsaturated/α-hetero) is 1. The summed E-state index contributed by atoms with van der Waals surface area (Å²) in [6.45, 7) is 3.71. The van der Waals surface area contributed by atoms with Crippen molar-refractivity contribution in [3.05, 3.63) is 0 Å². The summed E-state index contributed by atoms with van der Waals surface area (Å²) in [7, 11) is 0. The third-order valence-corrected chi connectivity index (χ3v) is 3.97. The van der Waals surface area contributed by atoms with Gasteiger partial charge in [-0.1, -0.05) is 50.9 Å². The topological polar surface area (TPSA) is 74.6 Å². The second kappa shape index (κ2) is 14.3. The SMILES string of the molecule is CCCCC[C@@H](O)C#CC[C@@H](CCCCCCC(=O)O)C(C)=O. The zero-order chi connectivity index (χ0) is 17.5. The van der Waals surface area contributed by atoms with Crippen LogP contribution in [-0.2, 0) is 9.59 Å². The molecular weight excluding hydrogens is 292 g/mol. The Hall–Kier alpha value is -1.34. The Morgan fingerprint density at radius 1 is 1.00 bits per heavy atom. The fraction of sp³-hybridized carbons (Fsp3) is 0.789. The van der Waals surface area contributed by atoms with Gasteiger partial charge in [-0.25, -0.2) is 0 Å². The maximum atomic E-state index is 11.6. The number of carboxylic acids is 1. The van der Waals surface area contributed by atoms with E-state index in [4.69, 9.17) is 5.11 Å². The van der Waals surface area contributed by atoms with Gasteiger partial charge in [-0.15, -0.1) is 0 Å². The number of ketones is 1. The predicted molar refractivity (Wildman–Crippen MR) is 92.1 cm³/mol. The summed E-state index contributed by atoms with van der Waals surface area (Å²) in [5, 5.41) is 18.3. The number of carbonyl (C=O) groups excluding carboxylic acids is 1. The predicted octanol–water partition coefficient (Wildman–Crippen LogP) is 3.95. The van der Waals surface area contributed by atoms with E-state index in [0.29, 0.717) is 19.3 Å². The van der Waals surface area contributed by atoms with Crippen LogP contribution in [0.5, 0.6) is 0 Å². The smallest absolute Gasteiger partial charge is 0.303 e. The Morgan fingerprint density at radius 3 is 2.26 bits per heavy atom. The van der Waals surface area contributed by atoms with Gasteiger partial charge < -0.3 is 10.2 Å². The zero-order valence-electron chi connectivity index (χ0n) is 14.6. The minimum atomic E-state index is -0.751. The number of aliphatic hydroxyl groups is 1. The number of hydrogen-bond donors (Lipinski definition) is 2. The third-order valence-electron chi connectivity index (χ3n) is 3.97. The highest BCUT2D eigenvalue weighted by molar-refractivity contribution is 5.78. The first-order valence-corrected chi connectivity index (χ1v) is 8.86. The van der Waals surface area contributed by atoms with E-state index in [0.717, 1.165) is 44.9 Å². The van der Waals surface area contributed by atoms with Gasteiger partial charge in [0.15, 0.2) is 0 Å². The second-order valence-electron chi connectivity index (χ2n) is 6.19. The van der Waals surface area contributed by atoms with Crippen LogP contribution in [-0.4, -0.2) is 28.1 Å². The Kier molecular flexibility index (Phi) is 13.4. The van der Waals surface area contributed by atoms with Gasteiger partial charge in [-0.2, -0.15) is 0 Å². The van der Waals surface area contributed by atoms with Crippen molar-refractivity contribution in [2.75, 3.05) is 0 Å². The molecule has 2 atom stereocenters. The lowest BCUT2D eigenvalue weighted by Gasteiger charge is -2.10. The van der Waals surface area contributed by atoms with Crippen molar-refractivity contribution in [1.82, 2.24) is 0 Å². The van der Waals surface area contributed by atoms with Crippen LogP contribution in [0.4, 0.5) is 0 Å². The normalized spacial score (nSPS) is 13.0. The second-order valence-corrected chi connectivity index (χ2v) is 6.19. The number of unbranched alkanes of at least 4 members (excludes halogenated alkanes) is 5. The van der Waals surface area contributed by atoms with Gasteiger partial charge in [0.25, 0.3) is 0 Å². The van der Waals surface area contributed by atoms with Crippen LogP contribution in [0, 0.1) is 17.8 Å². The number of hydrogen-bond acceptors (Lipinski definition) is 3. The van der Waals surface area contributed by atoms with Crippen LogP contribution in [0.1, 0.15) is 84.5 Å². The van der Waals surface area contributed by atoms with Crippen molar-refractivity contribution in [3.8, 4) is 11.8 Å². The molecule has 0 saturated carbocycles.